The van der Waals surface area contributed by atoms with Gasteiger partial charge in [0.2, 0.25) is 5.91 Å². The van der Waals surface area contributed by atoms with E-state index < -0.39 is 5.60 Å². The van der Waals surface area contributed by atoms with Gasteiger partial charge in [0.15, 0.2) is 5.78 Å². The van der Waals surface area contributed by atoms with E-state index in [2.05, 4.69) is 0 Å². The molecule has 4 rings (SSSR count). The number of amides is 2. The van der Waals surface area contributed by atoms with Gasteiger partial charge < -0.3 is 19.3 Å². The molecule has 0 atom stereocenters. The Morgan fingerprint density at radius 1 is 1.03 bits per heavy atom. The Balaban J connectivity index is 1.40. The largest absolute Gasteiger partial charge is 0.496 e. The first-order valence-electron chi connectivity index (χ1n) is 12.8. The Morgan fingerprint density at radius 3 is 2.47 bits per heavy atom. The summed E-state index contributed by atoms with van der Waals surface area (Å²) in [5.41, 5.74) is 4.34. The van der Waals surface area contributed by atoms with Crippen molar-refractivity contribution in [2.45, 2.75) is 64.9 Å². The molecule has 0 bridgehead atoms. The zero-order valence-electron chi connectivity index (χ0n) is 21.8. The first-order chi connectivity index (χ1) is 17.2. The number of anilines is 1. The second-order valence-corrected chi connectivity index (χ2v) is 10.5. The smallest absolute Gasteiger partial charge is 0.410 e. The van der Waals surface area contributed by atoms with E-state index in [-0.39, 0.29) is 17.8 Å². The van der Waals surface area contributed by atoms with Gasteiger partial charge in [0.05, 0.1) is 12.8 Å². The Bertz CT molecular complexity index is 1150. The fourth-order valence-electron chi connectivity index (χ4n) is 4.98. The molecule has 0 spiro atoms. The highest BCUT2D eigenvalue weighted by atomic mass is 16.6. The van der Waals surface area contributed by atoms with Crippen LogP contribution < -0.4 is 9.64 Å². The Labute approximate surface area is 213 Å². The number of rotatable bonds is 9. The molecule has 2 heterocycles. The highest BCUT2D eigenvalue weighted by Crippen LogP contribution is 2.37. The van der Waals surface area contributed by atoms with Gasteiger partial charge in [-0.05, 0) is 81.3 Å². The van der Waals surface area contributed by atoms with E-state index in [1.54, 1.807) is 12.0 Å². The van der Waals surface area contributed by atoms with E-state index >= 15 is 0 Å². The number of Topliss-reactive ketones (excluding diaryl/α,β-unsaturated/α-hetero) is 1. The number of methoxy groups -OCH3 is 1. The molecule has 0 unspecified atom stereocenters. The molecule has 2 aliphatic heterocycles. The number of benzene rings is 2. The summed E-state index contributed by atoms with van der Waals surface area (Å²) in [5.74, 6) is 1.03. The van der Waals surface area contributed by atoms with Crippen molar-refractivity contribution in [2.75, 3.05) is 31.6 Å². The monoisotopic (exact) mass is 492 g/mol. The number of para-hydroxylation sites is 1. The van der Waals surface area contributed by atoms with Crippen LogP contribution in [-0.4, -0.2) is 55.0 Å². The van der Waals surface area contributed by atoms with Crippen molar-refractivity contribution in [3.63, 3.8) is 0 Å². The molecule has 7 heteroatoms. The number of hydrogen-bond acceptors (Lipinski definition) is 5. The maximum Gasteiger partial charge on any atom is 0.410 e. The molecular formula is C29H36N2O5. The minimum Gasteiger partial charge on any atom is -0.496 e. The fourth-order valence-corrected chi connectivity index (χ4v) is 4.98. The predicted octanol–water partition coefficient (Wildman–Crippen LogP) is 4.97. The molecule has 7 nitrogen and oxygen atoms in total. The summed E-state index contributed by atoms with van der Waals surface area (Å²) < 4.78 is 11.1. The number of ketones is 1. The van der Waals surface area contributed by atoms with Gasteiger partial charge in [-0.25, -0.2) is 4.79 Å². The van der Waals surface area contributed by atoms with Crippen LogP contribution in [0.3, 0.4) is 0 Å². The van der Waals surface area contributed by atoms with Crippen LogP contribution in [0.4, 0.5) is 10.5 Å². The van der Waals surface area contributed by atoms with Crippen LogP contribution in [0.1, 0.15) is 67.1 Å². The lowest BCUT2D eigenvalue weighted by atomic mass is 9.94. The maximum absolute atomic E-state index is 13.1. The van der Waals surface area contributed by atoms with Crippen LogP contribution in [-0.2, 0) is 28.8 Å². The summed E-state index contributed by atoms with van der Waals surface area (Å²) in [7, 11) is 1.64. The van der Waals surface area contributed by atoms with E-state index in [9.17, 15) is 14.4 Å². The molecule has 0 fully saturated rings. The van der Waals surface area contributed by atoms with Crippen LogP contribution in [0.15, 0.2) is 36.4 Å². The third kappa shape index (κ3) is 5.89. The number of ether oxygens (including phenoxy) is 2. The van der Waals surface area contributed by atoms with Crippen molar-refractivity contribution in [3.05, 3.63) is 58.7 Å². The van der Waals surface area contributed by atoms with Crippen molar-refractivity contribution in [1.29, 1.82) is 0 Å². The summed E-state index contributed by atoms with van der Waals surface area (Å²) in [5, 5.41) is 0. The normalized spacial score (nSPS) is 14.4. The van der Waals surface area contributed by atoms with E-state index in [4.69, 9.17) is 9.47 Å². The Kier molecular flexibility index (Phi) is 7.67. The molecule has 192 valence electrons. The minimum absolute atomic E-state index is 0.0678. The van der Waals surface area contributed by atoms with Crippen LogP contribution >= 0.6 is 0 Å². The topological polar surface area (TPSA) is 76.2 Å². The summed E-state index contributed by atoms with van der Waals surface area (Å²) in [4.78, 5) is 41.7. The van der Waals surface area contributed by atoms with Crippen molar-refractivity contribution < 1.29 is 23.9 Å². The van der Waals surface area contributed by atoms with Crippen molar-refractivity contribution >= 4 is 23.5 Å². The lowest BCUT2D eigenvalue weighted by Crippen LogP contribution is -2.38. The van der Waals surface area contributed by atoms with Gasteiger partial charge in [-0.2, -0.15) is 0 Å². The molecule has 36 heavy (non-hydrogen) atoms. The third-order valence-electron chi connectivity index (χ3n) is 6.70. The Hall–Kier alpha value is -3.35. The second kappa shape index (κ2) is 10.7. The summed E-state index contributed by atoms with van der Waals surface area (Å²) in [6.45, 7) is 7.15. The molecule has 0 saturated heterocycles. The summed E-state index contributed by atoms with van der Waals surface area (Å²) >= 11 is 0. The standard InChI is InChI=1S/C29H36N2O5/c1-29(2,3)36-28(34)30(16-13-20-8-5-6-10-25(20)35-4)15-7-9-24(32)23-18-21-11-12-26(33)31-17-14-22(19-23)27(21)31/h5-6,8,10,18-19H,7,9,11-17H2,1-4H3. The average Bonchev–Trinajstić information content (AvgIpc) is 3.27. The average molecular weight is 493 g/mol. The van der Waals surface area contributed by atoms with E-state index in [1.165, 1.54) is 0 Å². The molecule has 2 aromatic rings. The van der Waals surface area contributed by atoms with Gasteiger partial charge in [-0.15, -0.1) is 0 Å². The molecular weight excluding hydrogens is 456 g/mol. The fraction of sp³-hybridized carbons (Fsp3) is 0.483. The van der Waals surface area contributed by atoms with Crippen LogP contribution in [0.2, 0.25) is 0 Å². The first-order valence-corrected chi connectivity index (χ1v) is 12.8. The number of nitrogens with zero attached hydrogens (tertiary/aromatic N) is 2. The lowest BCUT2D eigenvalue weighted by molar-refractivity contribution is -0.118. The molecule has 2 amide bonds. The van der Waals surface area contributed by atoms with Crippen LogP contribution in [0.5, 0.6) is 5.75 Å². The van der Waals surface area contributed by atoms with Crippen molar-refractivity contribution in [2.24, 2.45) is 0 Å². The lowest BCUT2D eigenvalue weighted by Gasteiger charge is -2.27. The molecule has 2 aromatic carbocycles. The Morgan fingerprint density at radius 2 is 1.75 bits per heavy atom. The first kappa shape index (κ1) is 25.7. The second-order valence-electron chi connectivity index (χ2n) is 10.5. The number of aryl methyl sites for hydroxylation is 1. The quantitative estimate of drug-likeness (QED) is 0.462. The van der Waals surface area contributed by atoms with Crippen molar-refractivity contribution in [3.8, 4) is 5.75 Å². The van der Waals surface area contributed by atoms with Gasteiger partial charge in [-0.1, -0.05) is 18.2 Å². The molecule has 0 saturated carbocycles. The van der Waals surface area contributed by atoms with E-state index in [1.807, 2.05) is 62.1 Å². The molecule has 0 N–H and O–H groups in total. The van der Waals surface area contributed by atoms with Crippen LogP contribution in [0.25, 0.3) is 0 Å². The minimum atomic E-state index is -0.601. The number of hydrogen-bond donors (Lipinski definition) is 0. The SMILES string of the molecule is COc1ccccc1CCN(CCCC(=O)c1cc2c3c(c1)CCN3C(=O)CC2)C(=O)OC(C)(C)C. The van der Waals surface area contributed by atoms with Gasteiger partial charge in [0.25, 0.3) is 0 Å². The molecule has 0 radical (unpaired) electrons. The zero-order valence-corrected chi connectivity index (χ0v) is 21.8. The summed E-state index contributed by atoms with van der Waals surface area (Å²) in [6.07, 6.45) is 3.12. The van der Waals surface area contributed by atoms with Gasteiger partial charge >= 0.3 is 6.09 Å². The molecule has 0 aromatic heterocycles. The summed E-state index contributed by atoms with van der Waals surface area (Å²) in [6, 6.07) is 11.7. The van der Waals surface area contributed by atoms with Crippen LogP contribution in [0, 0.1) is 0 Å². The van der Waals surface area contributed by atoms with Gasteiger partial charge in [0, 0.05) is 38.0 Å². The third-order valence-corrected chi connectivity index (χ3v) is 6.70. The van der Waals surface area contributed by atoms with Crippen molar-refractivity contribution in [1.82, 2.24) is 4.90 Å². The molecule has 0 aliphatic carbocycles. The predicted molar refractivity (Wildman–Crippen MR) is 139 cm³/mol. The molecule has 2 aliphatic rings. The maximum atomic E-state index is 13.1. The zero-order chi connectivity index (χ0) is 25.9. The van der Waals surface area contributed by atoms with Gasteiger partial charge in [-0.3, -0.25) is 9.59 Å². The van der Waals surface area contributed by atoms with E-state index in [0.29, 0.717) is 57.3 Å². The highest BCUT2D eigenvalue weighted by Gasteiger charge is 2.32. The van der Waals surface area contributed by atoms with Gasteiger partial charge in [0.1, 0.15) is 11.4 Å². The number of carbonyl (C=O) groups is 3. The highest BCUT2D eigenvalue weighted by molar-refractivity contribution is 6.02. The van der Waals surface area contributed by atoms with E-state index in [0.717, 1.165) is 34.5 Å². The number of carbonyl (C=O) groups excluding carboxylic acids is 3.